The van der Waals surface area contributed by atoms with E-state index in [1.807, 2.05) is 42.3 Å². The third kappa shape index (κ3) is 5.21. The van der Waals surface area contributed by atoms with E-state index in [9.17, 15) is 5.11 Å². The fourth-order valence-corrected chi connectivity index (χ4v) is 2.40. The zero-order valence-electron chi connectivity index (χ0n) is 14.1. The third-order valence-electron chi connectivity index (χ3n) is 3.95. The first-order valence-corrected chi connectivity index (χ1v) is 8.10. The average molecular weight is 314 g/mol. The fraction of sp³-hybridized carbons (Fsp3) is 0.444. The second kappa shape index (κ2) is 8.48. The number of phenols is 1. The van der Waals surface area contributed by atoms with Crippen molar-refractivity contribution in [3.63, 3.8) is 0 Å². The predicted molar refractivity (Wildman–Crippen MR) is 94.5 cm³/mol. The van der Waals surface area contributed by atoms with Gasteiger partial charge in [-0.3, -0.25) is 9.67 Å². The van der Waals surface area contributed by atoms with Crippen molar-refractivity contribution in [2.24, 2.45) is 10.9 Å². The minimum atomic E-state index is 0.265. The molecule has 2 aromatic rings. The zero-order chi connectivity index (χ0) is 16.7. The van der Waals surface area contributed by atoms with Crippen LogP contribution in [0, 0.1) is 5.92 Å². The Morgan fingerprint density at radius 2 is 2.17 bits per heavy atom. The summed E-state index contributed by atoms with van der Waals surface area (Å²) in [6, 6.07) is 7.85. The maximum atomic E-state index is 10.1. The lowest BCUT2D eigenvalue weighted by molar-refractivity contribution is 0.464. The SMILES string of the molecule is CNC(C)CCc1c(O)cccc1/N=C/C(C)Cn1cccn1. The molecule has 0 spiro atoms. The molecular formula is C18H26N4O. The highest BCUT2D eigenvalue weighted by molar-refractivity contribution is 5.68. The van der Waals surface area contributed by atoms with Crippen LogP contribution in [0.25, 0.3) is 0 Å². The molecule has 2 rings (SSSR count). The second-order valence-corrected chi connectivity index (χ2v) is 5.99. The van der Waals surface area contributed by atoms with Crippen molar-refractivity contribution in [3.8, 4) is 5.75 Å². The zero-order valence-corrected chi connectivity index (χ0v) is 14.1. The topological polar surface area (TPSA) is 62.4 Å². The molecule has 0 fully saturated rings. The van der Waals surface area contributed by atoms with Gasteiger partial charge in [0, 0.05) is 42.7 Å². The van der Waals surface area contributed by atoms with Crippen LogP contribution < -0.4 is 5.32 Å². The summed E-state index contributed by atoms with van der Waals surface area (Å²) < 4.78 is 1.90. The minimum Gasteiger partial charge on any atom is -0.508 e. The predicted octanol–water partition coefficient (Wildman–Crippen LogP) is 3.17. The molecule has 23 heavy (non-hydrogen) atoms. The van der Waals surface area contributed by atoms with E-state index >= 15 is 0 Å². The molecule has 0 aliphatic carbocycles. The number of hydrogen-bond acceptors (Lipinski definition) is 4. The van der Waals surface area contributed by atoms with Gasteiger partial charge in [-0.25, -0.2) is 0 Å². The lowest BCUT2D eigenvalue weighted by Crippen LogP contribution is -2.21. The molecule has 0 aliphatic rings. The van der Waals surface area contributed by atoms with E-state index < -0.39 is 0 Å². The van der Waals surface area contributed by atoms with Gasteiger partial charge in [-0.2, -0.15) is 5.10 Å². The molecule has 0 radical (unpaired) electrons. The van der Waals surface area contributed by atoms with Crippen molar-refractivity contribution in [1.29, 1.82) is 0 Å². The highest BCUT2D eigenvalue weighted by atomic mass is 16.3. The summed E-state index contributed by atoms with van der Waals surface area (Å²) >= 11 is 0. The van der Waals surface area contributed by atoms with Gasteiger partial charge in [0.2, 0.25) is 0 Å². The number of rotatable bonds is 8. The molecule has 0 amide bonds. The Labute approximate surface area is 138 Å². The summed E-state index contributed by atoms with van der Waals surface area (Å²) in [7, 11) is 1.95. The maximum absolute atomic E-state index is 10.1. The molecule has 2 atom stereocenters. The number of aromatic hydroxyl groups is 1. The monoisotopic (exact) mass is 314 g/mol. The van der Waals surface area contributed by atoms with Crippen molar-refractivity contribution < 1.29 is 5.11 Å². The van der Waals surface area contributed by atoms with E-state index in [1.165, 1.54) is 0 Å². The Hall–Kier alpha value is -2.14. The van der Waals surface area contributed by atoms with Crippen LogP contribution in [-0.2, 0) is 13.0 Å². The average Bonchev–Trinajstić information content (AvgIpc) is 3.04. The van der Waals surface area contributed by atoms with Crippen LogP contribution in [0.2, 0.25) is 0 Å². The van der Waals surface area contributed by atoms with Gasteiger partial charge in [0.1, 0.15) is 5.75 Å². The van der Waals surface area contributed by atoms with Gasteiger partial charge in [0.25, 0.3) is 0 Å². The van der Waals surface area contributed by atoms with E-state index in [1.54, 1.807) is 12.3 Å². The van der Waals surface area contributed by atoms with Crippen molar-refractivity contribution >= 4 is 11.9 Å². The van der Waals surface area contributed by atoms with Crippen LogP contribution in [0.5, 0.6) is 5.75 Å². The number of benzene rings is 1. The fourth-order valence-electron chi connectivity index (χ4n) is 2.40. The molecule has 5 nitrogen and oxygen atoms in total. The Morgan fingerprint density at radius 3 is 2.87 bits per heavy atom. The van der Waals surface area contributed by atoms with Gasteiger partial charge in [0.15, 0.2) is 0 Å². The Kier molecular flexibility index (Phi) is 6.35. The van der Waals surface area contributed by atoms with Crippen LogP contribution in [0.15, 0.2) is 41.7 Å². The Balaban J connectivity index is 2.06. The molecule has 0 saturated heterocycles. The number of aromatic nitrogens is 2. The van der Waals surface area contributed by atoms with Crippen LogP contribution >= 0.6 is 0 Å². The third-order valence-corrected chi connectivity index (χ3v) is 3.95. The van der Waals surface area contributed by atoms with Crippen LogP contribution in [-0.4, -0.2) is 34.2 Å². The molecule has 5 heteroatoms. The van der Waals surface area contributed by atoms with Crippen LogP contribution in [0.3, 0.4) is 0 Å². The summed E-state index contributed by atoms with van der Waals surface area (Å²) in [6.07, 6.45) is 7.42. The van der Waals surface area contributed by atoms with Crippen molar-refractivity contribution in [3.05, 3.63) is 42.2 Å². The number of hydrogen-bond donors (Lipinski definition) is 2. The smallest absolute Gasteiger partial charge is 0.120 e. The van der Waals surface area contributed by atoms with Crippen molar-refractivity contribution in [1.82, 2.24) is 15.1 Å². The van der Waals surface area contributed by atoms with E-state index in [-0.39, 0.29) is 5.92 Å². The summed E-state index contributed by atoms with van der Waals surface area (Å²) in [4.78, 5) is 4.60. The molecule has 2 unspecified atom stereocenters. The number of nitrogens with zero attached hydrogens (tertiary/aromatic N) is 3. The number of aliphatic imine (C=N–C) groups is 1. The van der Waals surface area contributed by atoms with Gasteiger partial charge in [-0.15, -0.1) is 0 Å². The Bertz CT molecular complexity index is 622. The van der Waals surface area contributed by atoms with Gasteiger partial charge >= 0.3 is 0 Å². The molecule has 2 N–H and O–H groups in total. The lowest BCUT2D eigenvalue weighted by Gasteiger charge is -2.13. The van der Waals surface area contributed by atoms with E-state index in [4.69, 9.17) is 0 Å². The quantitative estimate of drug-likeness (QED) is 0.736. The van der Waals surface area contributed by atoms with Crippen LogP contribution in [0.1, 0.15) is 25.8 Å². The Morgan fingerprint density at radius 1 is 1.35 bits per heavy atom. The largest absolute Gasteiger partial charge is 0.508 e. The first-order valence-electron chi connectivity index (χ1n) is 8.10. The summed E-state index contributed by atoms with van der Waals surface area (Å²) in [5.74, 6) is 0.587. The molecule has 1 aromatic carbocycles. The van der Waals surface area contributed by atoms with Gasteiger partial charge < -0.3 is 10.4 Å². The minimum absolute atomic E-state index is 0.265. The highest BCUT2D eigenvalue weighted by Gasteiger charge is 2.09. The molecule has 0 saturated carbocycles. The maximum Gasteiger partial charge on any atom is 0.120 e. The summed E-state index contributed by atoms with van der Waals surface area (Å²) in [6.45, 7) is 5.03. The molecule has 1 aromatic heterocycles. The first kappa shape index (κ1) is 17.2. The van der Waals surface area contributed by atoms with E-state index in [0.717, 1.165) is 30.6 Å². The molecule has 124 valence electrons. The summed E-state index contributed by atoms with van der Waals surface area (Å²) in [5, 5.41) is 17.6. The van der Waals surface area contributed by atoms with E-state index in [2.05, 4.69) is 29.3 Å². The van der Waals surface area contributed by atoms with E-state index in [0.29, 0.717) is 11.8 Å². The molecule has 1 heterocycles. The lowest BCUT2D eigenvalue weighted by atomic mass is 10.0. The van der Waals surface area contributed by atoms with Gasteiger partial charge in [0.05, 0.1) is 5.69 Å². The molecular weight excluding hydrogens is 288 g/mol. The first-order chi connectivity index (χ1) is 11.1. The number of phenolic OH excluding ortho intramolecular Hbond substituents is 1. The van der Waals surface area contributed by atoms with Crippen molar-refractivity contribution in [2.75, 3.05) is 7.05 Å². The normalized spacial score (nSPS) is 14.2. The molecule has 0 aliphatic heterocycles. The molecule has 0 bridgehead atoms. The standard InChI is InChI=1S/C18H26N4O/c1-14(13-22-11-5-10-21-22)12-20-17-6-4-7-18(23)16(17)9-8-15(2)19-3/h4-7,10-12,14-15,19,23H,8-9,13H2,1-3H3/b20-12+. The van der Waals surface area contributed by atoms with Gasteiger partial charge in [-0.05, 0) is 45.0 Å². The number of nitrogens with one attached hydrogen (secondary N) is 1. The summed E-state index contributed by atoms with van der Waals surface area (Å²) in [5.41, 5.74) is 1.76. The second-order valence-electron chi connectivity index (χ2n) is 5.99. The van der Waals surface area contributed by atoms with Crippen molar-refractivity contribution in [2.45, 2.75) is 39.3 Å². The van der Waals surface area contributed by atoms with Crippen LogP contribution in [0.4, 0.5) is 5.69 Å². The highest BCUT2D eigenvalue weighted by Crippen LogP contribution is 2.29. The van der Waals surface area contributed by atoms with Gasteiger partial charge in [-0.1, -0.05) is 13.0 Å².